The van der Waals surface area contributed by atoms with E-state index in [-0.39, 0.29) is 24.5 Å². The number of hydrogen-bond donors (Lipinski definition) is 1. The van der Waals surface area contributed by atoms with Gasteiger partial charge in [-0.1, -0.05) is 42.5 Å². The van der Waals surface area contributed by atoms with Gasteiger partial charge in [-0.05, 0) is 36.6 Å². The van der Waals surface area contributed by atoms with Gasteiger partial charge < -0.3 is 9.88 Å². The number of hydrogen-bond acceptors (Lipinski definition) is 3. The lowest BCUT2D eigenvalue weighted by Gasteiger charge is -2.09. The lowest BCUT2D eigenvalue weighted by molar-refractivity contribution is -0.121. The number of benzene rings is 2. The number of Topliss-reactive ketones (excluding diaryl/α,β-unsaturated/α-hetero) is 1. The highest BCUT2D eigenvalue weighted by atomic mass is 16.2. The normalized spacial score (nSPS) is 10.7. The van der Waals surface area contributed by atoms with Crippen molar-refractivity contribution in [1.82, 2.24) is 14.9 Å². The maximum absolute atomic E-state index is 12.3. The van der Waals surface area contributed by atoms with Crippen LogP contribution in [0.4, 0.5) is 0 Å². The van der Waals surface area contributed by atoms with Gasteiger partial charge in [0, 0.05) is 50.3 Å². The van der Waals surface area contributed by atoms with Crippen molar-refractivity contribution in [1.29, 1.82) is 0 Å². The highest BCUT2D eigenvalue weighted by Crippen LogP contribution is 2.12. The molecule has 0 saturated carbocycles. The van der Waals surface area contributed by atoms with Crippen LogP contribution in [0, 0.1) is 13.8 Å². The van der Waals surface area contributed by atoms with Crippen LogP contribution in [-0.4, -0.2) is 27.8 Å². The van der Waals surface area contributed by atoms with E-state index in [0.717, 1.165) is 23.5 Å². The molecule has 3 rings (SSSR count). The zero-order chi connectivity index (χ0) is 20.6. The molecule has 0 unspecified atom stereocenters. The highest BCUT2D eigenvalue weighted by Gasteiger charge is 2.11. The van der Waals surface area contributed by atoms with Gasteiger partial charge in [0.15, 0.2) is 5.78 Å². The molecule has 0 aliphatic heterocycles. The van der Waals surface area contributed by atoms with E-state index in [2.05, 4.69) is 27.0 Å². The van der Waals surface area contributed by atoms with Gasteiger partial charge in [0.05, 0.1) is 0 Å². The molecule has 5 heteroatoms. The summed E-state index contributed by atoms with van der Waals surface area (Å²) in [5.74, 6) is 0.824. The fourth-order valence-electron chi connectivity index (χ4n) is 3.18. The smallest absolute Gasteiger partial charge is 0.220 e. The SMILES string of the molecule is Cc1ccc(C(=O)CCC(=O)NCCc2nccn2Cc2ccccc2)cc1C. The summed E-state index contributed by atoms with van der Waals surface area (Å²) < 4.78 is 2.09. The van der Waals surface area contributed by atoms with E-state index >= 15 is 0 Å². The number of nitrogens with zero attached hydrogens (tertiary/aromatic N) is 2. The van der Waals surface area contributed by atoms with Gasteiger partial charge in [0.1, 0.15) is 5.82 Å². The van der Waals surface area contributed by atoms with Crippen molar-refractivity contribution in [3.8, 4) is 0 Å². The van der Waals surface area contributed by atoms with Crippen molar-refractivity contribution in [2.24, 2.45) is 0 Å². The minimum absolute atomic E-state index is 0.00153. The van der Waals surface area contributed by atoms with Crippen LogP contribution in [0.2, 0.25) is 0 Å². The predicted octanol–water partition coefficient (Wildman–Crippen LogP) is 3.87. The van der Waals surface area contributed by atoms with E-state index in [1.54, 1.807) is 6.20 Å². The van der Waals surface area contributed by atoms with Crippen molar-refractivity contribution in [3.63, 3.8) is 0 Å². The van der Waals surface area contributed by atoms with Crippen molar-refractivity contribution >= 4 is 11.7 Å². The third-order valence-electron chi connectivity index (χ3n) is 5.08. The Morgan fingerprint density at radius 2 is 1.79 bits per heavy atom. The van der Waals surface area contributed by atoms with Crippen LogP contribution in [0.25, 0.3) is 0 Å². The monoisotopic (exact) mass is 389 g/mol. The Hall–Kier alpha value is -3.21. The molecule has 2 aromatic carbocycles. The molecular formula is C24H27N3O2. The molecule has 0 aliphatic rings. The largest absolute Gasteiger partial charge is 0.356 e. The van der Waals surface area contributed by atoms with Gasteiger partial charge in [-0.25, -0.2) is 4.98 Å². The standard InChI is InChI=1S/C24H27N3O2/c1-18-8-9-21(16-19(18)2)22(28)10-11-24(29)26-13-12-23-25-14-15-27(23)17-20-6-4-3-5-7-20/h3-9,14-16H,10-13,17H2,1-2H3,(H,26,29). The second-order valence-electron chi connectivity index (χ2n) is 7.28. The summed E-state index contributed by atoms with van der Waals surface area (Å²) in [6, 6.07) is 15.9. The van der Waals surface area contributed by atoms with Crippen LogP contribution in [0.5, 0.6) is 0 Å². The summed E-state index contributed by atoms with van der Waals surface area (Å²) in [5.41, 5.74) is 4.13. The predicted molar refractivity (Wildman–Crippen MR) is 114 cm³/mol. The molecule has 0 aliphatic carbocycles. The van der Waals surface area contributed by atoms with Crippen LogP contribution in [0.3, 0.4) is 0 Å². The van der Waals surface area contributed by atoms with Gasteiger partial charge in [-0.3, -0.25) is 9.59 Å². The third kappa shape index (κ3) is 5.88. The molecule has 0 saturated heterocycles. The zero-order valence-corrected chi connectivity index (χ0v) is 17.0. The summed E-state index contributed by atoms with van der Waals surface area (Å²) in [6.45, 7) is 5.26. The van der Waals surface area contributed by atoms with E-state index < -0.39 is 0 Å². The van der Waals surface area contributed by atoms with E-state index in [1.165, 1.54) is 5.56 Å². The Labute approximate surface area is 171 Å². The summed E-state index contributed by atoms with van der Waals surface area (Å²) in [7, 11) is 0. The molecule has 0 bridgehead atoms. The Balaban J connectivity index is 1.43. The second-order valence-corrected chi connectivity index (χ2v) is 7.28. The molecular weight excluding hydrogens is 362 g/mol. The first-order chi connectivity index (χ1) is 14.0. The number of aryl methyl sites for hydroxylation is 2. The molecule has 1 N–H and O–H groups in total. The Kier molecular flexibility index (Phi) is 6.95. The molecule has 0 spiro atoms. The maximum Gasteiger partial charge on any atom is 0.220 e. The van der Waals surface area contributed by atoms with E-state index in [9.17, 15) is 9.59 Å². The molecule has 29 heavy (non-hydrogen) atoms. The first-order valence-corrected chi connectivity index (χ1v) is 9.94. The number of rotatable bonds is 9. The lowest BCUT2D eigenvalue weighted by Crippen LogP contribution is -2.26. The average Bonchev–Trinajstić information content (AvgIpc) is 3.16. The molecule has 0 radical (unpaired) electrons. The van der Waals surface area contributed by atoms with Gasteiger partial charge >= 0.3 is 0 Å². The summed E-state index contributed by atoms with van der Waals surface area (Å²) in [4.78, 5) is 28.8. The van der Waals surface area contributed by atoms with Gasteiger partial charge in [-0.2, -0.15) is 0 Å². The van der Waals surface area contributed by atoms with Gasteiger partial charge in [0.2, 0.25) is 5.91 Å². The third-order valence-corrected chi connectivity index (χ3v) is 5.08. The fraction of sp³-hybridized carbons (Fsp3) is 0.292. The average molecular weight is 389 g/mol. The quantitative estimate of drug-likeness (QED) is 0.565. The number of ketones is 1. The van der Waals surface area contributed by atoms with Crippen LogP contribution >= 0.6 is 0 Å². The molecule has 1 aromatic heterocycles. The lowest BCUT2D eigenvalue weighted by atomic mass is 10.0. The molecule has 150 valence electrons. The van der Waals surface area contributed by atoms with Gasteiger partial charge in [-0.15, -0.1) is 0 Å². The molecule has 3 aromatic rings. The van der Waals surface area contributed by atoms with Crippen molar-refractivity contribution in [2.45, 2.75) is 39.7 Å². The number of imidazole rings is 1. The van der Waals surface area contributed by atoms with E-state index in [4.69, 9.17) is 0 Å². The topological polar surface area (TPSA) is 64.0 Å². The number of carbonyl (C=O) groups excluding carboxylic acids is 2. The van der Waals surface area contributed by atoms with Gasteiger partial charge in [0.25, 0.3) is 0 Å². The fourth-order valence-corrected chi connectivity index (χ4v) is 3.18. The Morgan fingerprint density at radius 1 is 1.00 bits per heavy atom. The summed E-state index contributed by atoms with van der Waals surface area (Å²) in [5, 5.41) is 2.89. The van der Waals surface area contributed by atoms with Crippen LogP contribution in [-0.2, 0) is 17.8 Å². The first kappa shape index (κ1) is 20.5. The first-order valence-electron chi connectivity index (χ1n) is 9.94. The minimum Gasteiger partial charge on any atom is -0.356 e. The van der Waals surface area contributed by atoms with Crippen LogP contribution < -0.4 is 5.32 Å². The van der Waals surface area contributed by atoms with E-state index in [1.807, 2.05) is 56.4 Å². The summed E-state index contributed by atoms with van der Waals surface area (Å²) in [6.07, 6.45) is 4.80. The molecule has 1 amide bonds. The number of amides is 1. The van der Waals surface area contributed by atoms with Crippen molar-refractivity contribution in [2.75, 3.05) is 6.54 Å². The second kappa shape index (κ2) is 9.82. The summed E-state index contributed by atoms with van der Waals surface area (Å²) >= 11 is 0. The minimum atomic E-state index is -0.108. The highest BCUT2D eigenvalue weighted by molar-refractivity contribution is 5.98. The van der Waals surface area contributed by atoms with Crippen molar-refractivity contribution in [3.05, 3.63) is 89.0 Å². The van der Waals surface area contributed by atoms with Crippen LogP contribution in [0.15, 0.2) is 60.9 Å². The number of nitrogens with one attached hydrogen (secondary N) is 1. The zero-order valence-electron chi connectivity index (χ0n) is 17.0. The Morgan fingerprint density at radius 3 is 2.55 bits per heavy atom. The van der Waals surface area contributed by atoms with E-state index in [0.29, 0.717) is 18.5 Å². The molecule has 0 fully saturated rings. The Bertz CT molecular complexity index is 977. The maximum atomic E-state index is 12.3. The number of carbonyl (C=O) groups is 2. The number of aromatic nitrogens is 2. The molecule has 1 heterocycles. The van der Waals surface area contributed by atoms with Crippen molar-refractivity contribution < 1.29 is 9.59 Å². The molecule has 5 nitrogen and oxygen atoms in total. The van der Waals surface area contributed by atoms with Crippen LogP contribution in [0.1, 0.15) is 45.7 Å². The molecule has 0 atom stereocenters.